The molecule has 0 aliphatic rings. The summed E-state index contributed by atoms with van der Waals surface area (Å²) in [7, 11) is -3.82. The number of carbonyl (C=O) groups excluding carboxylic acids is 2. The van der Waals surface area contributed by atoms with Crippen LogP contribution in [0.5, 0.6) is 0 Å². The van der Waals surface area contributed by atoms with Crippen molar-refractivity contribution < 1.29 is 18.0 Å². The number of hydrogen-bond donors (Lipinski definition) is 1. The van der Waals surface area contributed by atoms with Gasteiger partial charge in [-0.05, 0) is 54.3 Å². The molecule has 0 heterocycles. The number of sulfonamides is 1. The van der Waals surface area contributed by atoms with E-state index in [1.807, 2.05) is 50.2 Å². The summed E-state index contributed by atoms with van der Waals surface area (Å²) in [6.07, 6.45) is 2.02. The van der Waals surface area contributed by atoms with Crippen LogP contribution in [0.2, 0.25) is 10.0 Å². The number of benzene rings is 3. The van der Waals surface area contributed by atoms with E-state index in [4.69, 9.17) is 23.2 Å². The van der Waals surface area contributed by atoms with Crippen molar-refractivity contribution in [3.8, 4) is 0 Å². The van der Waals surface area contributed by atoms with E-state index in [9.17, 15) is 18.0 Å². The first-order valence-electron chi connectivity index (χ1n) is 12.6. The minimum absolute atomic E-state index is 0.0260. The van der Waals surface area contributed by atoms with Crippen LogP contribution < -0.4 is 9.62 Å². The Morgan fingerprint density at radius 2 is 1.64 bits per heavy atom. The molecule has 39 heavy (non-hydrogen) atoms. The molecular weight excluding hydrogens is 557 g/mol. The highest BCUT2D eigenvalue weighted by Crippen LogP contribution is 2.25. The van der Waals surface area contributed by atoms with E-state index in [0.717, 1.165) is 28.1 Å². The zero-order valence-corrected chi connectivity index (χ0v) is 24.6. The number of nitrogens with zero attached hydrogens (tertiary/aromatic N) is 2. The maximum atomic E-state index is 14.0. The summed E-state index contributed by atoms with van der Waals surface area (Å²) in [4.78, 5) is 28.9. The summed E-state index contributed by atoms with van der Waals surface area (Å²) in [5.41, 5.74) is 2.73. The van der Waals surface area contributed by atoms with Crippen molar-refractivity contribution in [3.05, 3.63) is 99.5 Å². The number of anilines is 1. The molecule has 7 nitrogen and oxygen atoms in total. The minimum Gasteiger partial charge on any atom is -0.354 e. The second kappa shape index (κ2) is 13.8. The highest BCUT2D eigenvalue weighted by Gasteiger charge is 2.33. The Balaban J connectivity index is 2.06. The minimum atomic E-state index is -3.82. The van der Waals surface area contributed by atoms with Gasteiger partial charge in [0.15, 0.2) is 0 Å². The van der Waals surface area contributed by atoms with Crippen LogP contribution >= 0.6 is 23.2 Å². The summed E-state index contributed by atoms with van der Waals surface area (Å²) in [6, 6.07) is 20.4. The molecule has 0 saturated carbocycles. The largest absolute Gasteiger partial charge is 0.354 e. The van der Waals surface area contributed by atoms with Gasteiger partial charge < -0.3 is 10.2 Å². The fraction of sp³-hybridized carbons (Fsp3) is 0.310. The number of rotatable bonds is 12. The Kier molecular flexibility index (Phi) is 10.8. The number of aryl methyl sites for hydroxylation is 1. The molecule has 0 unspecified atom stereocenters. The van der Waals surface area contributed by atoms with Crippen molar-refractivity contribution in [2.45, 2.75) is 39.3 Å². The molecule has 2 amide bonds. The maximum absolute atomic E-state index is 14.0. The molecule has 0 aliphatic carbocycles. The van der Waals surface area contributed by atoms with Crippen LogP contribution in [0.15, 0.2) is 72.8 Å². The molecule has 0 aromatic heterocycles. The van der Waals surface area contributed by atoms with Crippen LogP contribution in [-0.2, 0) is 32.6 Å². The Labute approximate surface area is 240 Å². The van der Waals surface area contributed by atoms with Gasteiger partial charge >= 0.3 is 0 Å². The molecule has 0 saturated heterocycles. The van der Waals surface area contributed by atoms with E-state index in [1.165, 1.54) is 4.90 Å². The summed E-state index contributed by atoms with van der Waals surface area (Å²) in [5.74, 6) is -0.851. The third-order valence-corrected chi connectivity index (χ3v) is 8.01. The topological polar surface area (TPSA) is 86.8 Å². The van der Waals surface area contributed by atoms with Gasteiger partial charge in [-0.2, -0.15) is 0 Å². The van der Waals surface area contributed by atoms with Crippen molar-refractivity contribution in [1.82, 2.24) is 10.2 Å². The molecule has 1 atom stereocenters. The van der Waals surface area contributed by atoms with E-state index in [-0.39, 0.29) is 18.9 Å². The maximum Gasteiger partial charge on any atom is 0.244 e. The fourth-order valence-corrected chi connectivity index (χ4v) is 5.31. The second-order valence-electron chi connectivity index (χ2n) is 9.38. The van der Waals surface area contributed by atoms with Crippen molar-refractivity contribution in [1.29, 1.82) is 0 Å². The molecule has 3 rings (SSSR count). The zero-order valence-electron chi connectivity index (χ0n) is 22.2. The lowest BCUT2D eigenvalue weighted by Crippen LogP contribution is -2.53. The van der Waals surface area contributed by atoms with Gasteiger partial charge in [0.1, 0.15) is 12.6 Å². The van der Waals surface area contributed by atoms with E-state index >= 15 is 0 Å². The van der Waals surface area contributed by atoms with Crippen LogP contribution in [0.1, 0.15) is 30.0 Å². The smallest absolute Gasteiger partial charge is 0.244 e. The van der Waals surface area contributed by atoms with Gasteiger partial charge in [-0.25, -0.2) is 8.42 Å². The van der Waals surface area contributed by atoms with Gasteiger partial charge in [0.05, 0.1) is 22.0 Å². The van der Waals surface area contributed by atoms with Gasteiger partial charge in [0, 0.05) is 19.5 Å². The van der Waals surface area contributed by atoms with E-state index in [1.54, 1.807) is 36.4 Å². The lowest BCUT2D eigenvalue weighted by Gasteiger charge is -2.33. The molecule has 1 N–H and O–H groups in total. The Bertz CT molecular complexity index is 1400. The average Bonchev–Trinajstić information content (AvgIpc) is 2.89. The predicted octanol–water partition coefficient (Wildman–Crippen LogP) is 5.23. The standard InChI is InChI=1S/C29H33Cl2N3O4S/c1-4-15-32-29(36)27(18-22-10-6-5-7-11-22)33(19-23-13-14-25(30)26(31)17-23)28(35)20-34(39(3,37)38)24-12-8-9-21(2)16-24/h5-14,16-17,27H,4,15,18-20H2,1-3H3,(H,32,36)/t27-/m1/s1. The second-order valence-corrected chi connectivity index (χ2v) is 12.1. The molecule has 10 heteroatoms. The lowest BCUT2D eigenvalue weighted by atomic mass is 10.0. The number of carbonyl (C=O) groups is 2. The van der Waals surface area contributed by atoms with Crippen LogP contribution in [-0.4, -0.2) is 50.5 Å². The van der Waals surface area contributed by atoms with Gasteiger partial charge in [-0.15, -0.1) is 0 Å². The predicted molar refractivity (Wildman–Crippen MR) is 158 cm³/mol. The summed E-state index contributed by atoms with van der Waals surface area (Å²) in [5, 5.41) is 3.58. The Morgan fingerprint density at radius 3 is 2.26 bits per heavy atom. The first-order chi connectivity index (χ1) is 18.5. The quantitative estimate of drug-likeness (QED) is 0.313. The monoisotopic (exact) mass is 589 g/mol. The fourth-order valence-electron chi connectivity index (χ4n) is 4.15. The van der Waals surface area contributed by atoms with Gasteiger partial charge in [0.2, 0.25) is 21.8 Å². The van der Waals surface area contributed by atoms with Gasteiger partial charge in [-0.3, -0.25) is 13.9 Å². The van der Waals surface area contributed by atoms with Gasteiger partial charge in [-0.1, -0.05) is 78.7 Å². The first kappa shape index (κ1) is 30.5. The Hall–Kier alpha value is -3.07. The molecule has 3 aromatic rings. The van der Waals surface area contributed by atoms with E-state index in [2.05, 4.69) is 5.32 Å². The highest BCUT2D eigenvalue weighted by molar-refractivity contribution is 7.92. The summed E-state index contributed by atoms with van der Waals surface area (Å²) < 4.78 is 26.7. The van der Waals surface area contributed by atoms with E-state index in [0.29, 0.717) is 27.8 Å². The van der Waals surface area contributed by atoms with Crippen LogP contribution in [0.3, 0.4) is 0 Å². The van der Waals surface area contributed by atoms with Crippen molar-refractivity contribution in [2.24, 2.45) is 0 Å². The first-order valence-corrected chi connectivity index (χ1v) is 15.2. The van der Waals surface area contributed by atoms with Crippen LogP contribution in [0.4, 0.5) is 5.69 Å². The van der Waals surface area contributed by atoms with Crippen molar-refractivity contribution in [3.63, 3.8) is 0 Å². The molecular formula is C29H33Cl2N3O4S. The van der Waals surface area contributed by atoms with Gasteiger partial charge in [0.25, 0.3) is 0 Å². The lowest BCUT2D eigenvalue weighted by molar-refractivity contribution is -0.140. The third-order valence-electron chi connectivity index (χ3n) is 6.13. The molecule has 3 aromatic carbocycles. The molecule has 0 fully saturated rings. The van der Waals surface area contributed by atoms with Crippen LogP contribution in [0.25, 0.3) is 0 Å². The average molecular weight is 591 g/mol. The summed E-state index contributed by atoms with van der Waals surface area (Å²) >= 11 is 12.4. The zero-order chi connectivity index (χ0) is 28.6. The van der Waals surface area contributed by atoms with Crippen LogP contribution in [0, 0.1) is 6.92 Å². The number of halogens is 2. The van der Waals surface area contributed by atoms with E-state index < -0.39 is 28.5 Å². The normalized spacial score (nSPS) is 12.0. The number of hydrogen-bond acceptors (Lipinski definition) is 4. The highest BCUT2D eigenvalue weighted by atomic mass is 35.5. The van der Waals surface area contributed by atoms with Crippen molar-refractivity contribution in [2.75, 3.05) is 23.7 Å². The molecule has 0 bridgehead atoms. The molecule has 0 radical (unpaired) electrons. The molecule has 208 valence electrons. The molecule has 0 spiro atoms. The Morgan fingerprint density at radius 1 is 0.923 bits per heavy atom. The van der Waals surface area contributed by atoms with Crippen molar-refractivity contribution >= 4 is 50.7 Å². The summed E-state index contributed by atoms with van der Waals surface area (Å²) in [6.45, 7) is 3.78. The SMILES string of the molecule is CCCNC(=O)[C@@H](Cc1ccccc1)N(Cc1ccc(Cl)c(Cl)c1)C(=O)CN(c1cccc(C)c1)S(C)(=O)=O. The molecule has 0 aliphatic heterocycles. The number of amides is 2. The number of nitrogens with one attached hydrogen (secondary N) is 1. The third kappa shape index (κ3) is 8.71.